The van der Waals surface area contributed by atoms with Crippen molar-refractivity contribution in [1.82, 2.24) is 20.7 Å². The zero-order valence-corrected chi connectivity index (χ0v) is 11.5. The predicted molar refractivity (Wildman–Crippen MR) is 76.4 cm³/mol. The summed E-state index contributed by atoms with van der Waals surface area (Å²) in [7, 11) is 0. The van der Waals surface area contributed by atoms with Gasteiger partial charge in [-0.15, -0.1) is 0 Å². The number of rotatable bonds is 4. The lowest BCUT2D eigenvalue weighted by Gasteiger charge is -2.05. The number of H-pyrrole nitrogens is 1. The van der Waals surface area contributed by atoms with Crippen LogP contribution >= 0.6 is 0 Å². The molecule has 6 nitrogen and oxygen atoms in total. The van der Waals surface area contributed by atoms with Gasteiger partial charge in [0.2, 0.25) is 5.76 Å². The molecular weight excluding hydrogens is 268 g/mol. The van der Waals surface area contributed by atoms with Gasteiger partial charge in [-0.3, -0.25) is 9.89 Å². The van der Waals surface area contributed by atoms with E-state index in [0.717, 1.165) is 22.4 Å². The number of benzene rings is 1. The first-order valence-electron chi connectivity index (χ1n) is 6.52. The molecule has 106 valence electrons. The molecule has 6 heteroatoms. The zero-order valence-electron chi connectivity index (χ0n) is 11.5. The number of amides is 1. The van der Waals surface area contributed by atoms with Crippen LogP contribution < -0.4 is 5.32 Å². The number of nitrogens with zero attached hydrogens (tertiary/aromatic N) is 2. The summed E-state index contributed by atoms with van der Waals surface area (Å²) >= 11 is 0. The SMILES string of the molecule is Cc1cnoc1C(=O)NCc1ccc(-c2ccn[nH]2)cc1. The molecule has 1 amide bonds. The Morgan fingerprint density at radius 3 is 2.71 bits per heavy atom. The van der Waals surface area contributed by atoms with Crippen molar-refractivity contribution in [2.75, 3.05) is 0 Å². The van der Waals surface area contributed by atoms with Gasteiger partial charge >= 0.3 is 0 Å². The summed E-state index contributed by atoms with van der Waals surface area (Å²) in [5.41, 5.74) is 3.74. The third-order valence-electron chi connectivity index (χ3n) is 3.17. The monoisotopic (exact) mass is 282 g/mol. The van der Waals surface area contributed by atoms with Crippen LogP contribution in [0.15, 0.2) is 47.2 Å². The Morgan fingerprint density at radius 1 is 1.29 bits per heavy atom. The van der Waals surface area contributed by atoms with E-state index in [1.807, 2.05) is 30.3 Å². The van der Waals surface area contributed by atoms with Crippen LogP contribution in [0.1, 0.15) is 21.7 Å². The summed E-state index contributed by atoms with van der Waals surface area (Å²) in [6, 6.07) is 9.79. The molecule has 0 spiro atoms. The Morgan fingerprint density at radius 2 is 2.10 bits per heavy atom. The second kappa shape index (κ2) is 5.62. The van der Waals surface area contributed by atoms with Gasteiger partial charge in [0, 0.05) is 18.3 Å². The highest BCUT2D eigenvalue weighted by atomic mass is 16.5. The van der Waals surface area contributed by atoms with E-state index >= 15 is 0 Å². The molecule has 0 aliphatic heterocycles. The smallest absolute Gasteiger partial charge is 0.290 e. The highest BCUT2D eigenvalue weighted by Gasteiger charge is 2.13. The number of hydrogen-bond acceptors (Lipinski definition) is 4. The molecule has 0 atom stereocenters. The van der Waals surface area contributed by atoms with Crippen molar-refractivity contribution in [2.24, 2.45) is 0 Å². The minimum atomic E-state index is -0.261. The second-order valence-electron chi connectivity index (χ2n) is 4.69. The summed E-state index contributed by atoms with van der Waals surface area (Å²) < 4.78 is 4.91. The van der Waals surface area contributed by atoms with Gasteiger partial charge in [0.15, 0.2) is 0 Å². The molecule has 0 fully saturated rings. The van der Waals surface area contributed by atoms with Crippen LogP contribution in [-0.2, 0) is 6.54 Å². The number of aromatic amines is 1. The number of aryl methyl sites for hydroxylation is 1. The van der Waals surface area contributed by atoms with Crippen LogP contribution in [0.4, 0.5) is 0 Å². The predicted octanol–water partition coefficient (Wildman–Crippen LogP) is 2.30. The molecule has 2 N–H and O–H groups in total. The maximum absolute atomic E-state index is 11.9. The summed E-state index contributed by atoms with van der Waals surface area (Å²) in [6.45, 7) is 2.22. The summed E-state index contributed by atoms with van der Waals surface area (Å²) in [5, 5.41) is 13.2. The van der Waals surface area contributed by atoms with Gasteiger partial charge < -0.3 is 9.84 Å². The van der Waals surface area contributed by atoms with Crippen molar-refractivity contribution in [1.29, 1.82) is 0 Å². The van der Waals surface area contributed by atoms with Crippen molar-refractivity contribution in [2.45, 2.75) is 13.5 Å². The molecule has 1 aromatic carbocycles. The molecule has 0 aliphatic carbocycles. The van der Waals surface area contributed by atoms with Crippen molar-refractivity contribution >= 4 is 5.91 Å². The van der Waals surface area contributed by atoms with Crippen LogP contribution in [0, 0.1) is 6.92 Å². The Hall–Kier alpha value is -2.89. The van der Waals surface area contributed by atoms with E-state index in [0.29, 0.717) is 6.54 Å². The number of carbonyl (C=O) groups excluding carboxylic acids is 1. The van der Waals surface area contributed by atoms with Gasteiger partial charge in [-0.2, -0.15) is 5.10 Å². The van der Waals surface area contributed by atoms with Gasteiger partial charge in [-0.25, -0.2) is 0 Å². The highest BCUT2D eigenvalue weighted by molar-refractivity contribution is 5.92. The molecule has 3 rings (SSSR count). The number of aromatic nitrogens is 3. The second-order valence-corrected chi connectivity index (χ2v) is 4.69. The number of hydrogen-bond donors (Lipinski definition) is 2. The fraction of sp³-hybridized carbons (Fsp3) is 0.133. The molecule has 21 heavy (non-hydrogen) atoms. The van der Waals surface area contributed by atoms with Crippen LogP contribution in [0.3, 0.4) is 0 Å². The standard InChI is InChI=1S/C15H14N4O2/c1-10-8-18-21-14(10)15(20)16-9-11-2-4-12(5-3-11)13-6-7-17-19-13/h2-8H,9H2,1H3,(H,16,20)(H,17,19). The van der Waals surface area contributed by atoms with E-state index in [-0.39, 0.29) is 11.7 Å². The number of carbonyl (C=O) groups is 1. The molecule has 0 saturated carbocycles. The lowest BCUT2D eigenvalue weighted by Crippen LogP contribution is -2.22. The average Bonchev–Trinajstić information content (AvgIpc) is 3.16. The van der Waals surface area contributed by atoms with E-state index < -0.39 is 0 Å². The lowest BCUT2D eigenvalue weighted by molar-refractivity contribution is 0.0913. The number of nitrogens with one attached hydrogen (secondary N) is 2. The van der Waals surface area contributed by atoms with Crippen LogP contribution in [0.5, 0.6) is 0 Å². The Labute approximate surface area is 121 Å². The van der Waals surface area contributed by atoms with Gasteiger partial charge in [-0.1, -0.05) is 29.4 Å². The van der Waals surface area contributed by atoms with E-state index in [4.69, 9.17) is 4.52 Å². The fourth-order valence-corrected chi connectivity index (χ4v) is 1.99. The van der Waals surface area contributed by atoms with E-state index in [2.05, 4.69) is 20.7 Å². The van der Waals surface area contributed by atoms with E-state index in [1.54, 1.807) is 13.1 Å². The zero-order chi connectivity index (χ0) is 14.7. The fourth-order valence-electron chi connectivity index (χ4n) is 1.99. The molecule has 0 saturated heterocycles. The molecule has 3 aromatic rings. The molecule has 0 aliphatic rings. The minimum absolute atomic E-state index is 0.254. The Bertz CT molecular complexity index is 729. The topological polar surface area (TPSA) is 83.8 Å². The maximum Gasteiger partial charge on any atom is 0.290 e. The van der Waals surface area contributed by atoms with Crippen molar-refractivity contribution in [3.8, 4) is 11.3 Å². The van der Waals surface area contributed by atoms with Gasteiger partial charge in [-0.05, 0) is 24.1 Å². The van der Waals surface area contributed by atoms with Gasteiger partial charge in [0.1, 0.15) is 0 Å². The minimum Gasteiger partial charge on any atom is -0.351 e. The molecular formula is C15H14N4O2. The molecule has 0 radical (unpaired) electrons. The summed E-state index contributed by atoms with van der Waals surface area (Å²) in [4.78, 5) is 11.9. The molecule has 0 bridgehead atoms. The Balaban J connectivity index is 1.64. The van der Waals surface area contributed by atoms with Crippen LogP contribution in [-0.4, -0.2) is 21.3 Å². The third kappa shape index (κ3) is 2.84. The molecule has 2 aromatic heterocycles. The van der Waals surface area contributed by atoms with Crippen molar-refractivity contribution in [3.63, 3.8) is 0 Å². The average molecular weight is 282 g/mol. The first kappa shape index (κ1) is 13.1. The lowest BCUT2D eigenvalue weighted by atomic mass is 10.1. The van der Waals surface area contributed by atoms with Crippen molar-refractivity contribution < 1.29 is 9.32 Å². The van der Waals surface area contributed by atoms with Crippen LogP contribution in [0.25, 0.3) is 11.3 Å². The van der Waals surface area contributed by atoms with E-state index in [9.17, 15) is 4.79 Å². The normalized spacial score (nSPS) is 10.5. The maximum atomic E-state index is 11.9. The highest BCUT2D eigenvalue weighted by Crippen LogP contribution is 2.16. The summed E-state index contributed by atoms with van der Waals surface area (Å²) in [6.07, 6.45) is 3.23. The largest absolute Gasteiger partial charge is 0.351 e. The summed E-state index contributed by atoms with van der Waals surface area (Å²) in [5.74, 6) is -0.00766. The van der Waals surface area contributed by atoms with E-state index in [1.165, 1.54) is 6.20 Å². The van der Waals surface area contributed by atoms with Gasteiger partial charge in [0.25, 0.3) is 5.91 Å². The van der Waals surface area contributed by atoms with Gasteiger partial charge in [0.05, 0.1) is 11.9 Å². The first-order valence-corrected chi connectivity index (χ1v) is 6.52. The quantitative estimate of drug-likeness (QED) is 0.769. The Kier molecular flexibility index (Phi) is 3.51. The van der Waals surface area contributed by atoms with Crippen molar-refractivity contribution in [3.05, 3.63) is 59.6 Å². The molecule has 0 unspecified atom stereocenters. The molecule has 2 heterocycles. The third-order valence-corrected chi connectivity index (χ3v) is 3.17. The first-order chi connectivity index (χ1) is 10.2. The van der Waals surface area contributed by atoms with Crippen LogP contribution in [0.2, 0.25) is 0 Å².